The average Bonchev–Trinajstić information content (AvgIpc) is 2.92. The molecule has 39 heavy (non-hydrogen) atoms. The van der Waals surface area contributed by atoms with Gasteiger partial charge in [-0.3, -0.25) is 9.10 Å². The van der Waals surface area contributed by atoms with E-state index in [0.29, 0.717) is 27.6 Å². The molecule has 202 valence electrons. The maximum absolute atomic E-state index is 13.6. The van der Waals surface area contributed by atoms with Crippen molar-refractivity contribution in [1.82, 2.24) is 0 Å². The summed E-state index contributed by atoms with van der Waals surface area (Å²) < 4.78 is 34.4. The third-order valence-electron chi connectivity index (χ3n) is 9.23. The summed E-state index contributed by atoms with van der Waals surface area (Å²) in [5.74, 6) is 2.57. The van der Waals surface area contributed by atoms with Gasteiger partial charge < -0.3 is 10.1 Å². The molecule has 8 rings (SSSR count). The predicted octanol–water partition coefficient (Wildman–Crippen LogP) is 6.40. The summed E-state index contributed by atoms with van der Waals surface area (Å²) in [5, 5.41) is 3.41. The molecular weight excluding hydrogens is 532 g/mol. The van der Waals surface area contributed by atoms with Gasteiger partial charge in [-0.25, -0.2) is 8.42 Å². The lowest BCUT2D eigenvalue weighted by Crippen LogP contribution is -2.49. The van der Waals surface area contributed by atoms with Crippen molar-refractivity contribution in [2.24, 2.45) is 17.8 Å². The number of carbonyl (C=O) groups is 1. The molecule has 1 N–H and O–H groups in total. The number of nitrogens with one attached hydrogen (secondary N) is 1. The number of hydrogen-bond donors (Lipinski definition) is 1. The SMILES string of the molecule is O=C(Nc1ccc(C23CC4CC(CC(C4)C2)C3)cc1)C1CN(S(=O)(=O)c2ccc(Cl)cc2)c2ccccc2O1. The Bertz CT molecular complexity index is 1490. The molecule has 4 aliphatic carbocycles. The Labute approximate surface area is 234 Å². The highest BCUT2D eigenvalue weighted by Gasteiger charge is 2.51. The molecular formula is C31H31ClN2O4S. The van der Waals surface area contributed by atoms with E-state index in [0.717, 1.165) is 17.8 Å². The number of rotatable bonds is 5. The van der Waals surface area contributed by atoms with Crippen molar-refractivity contribution in [1.29, 1.82) is 0 Å². The van der Waals surface area contributed by atoms with Gasteiger partial charge in [0.05, 0.1) is 17.1 Å². The van der Waals surface area contributed by atoms with Crippen molar-refractivity contribution in [2.45, 2.75) is 54.9 Å². The van der Waals surface area contributed by atoms with Gasteiger partial charge in [0.2, 0.25) is 0 Å². The second-order valence-electron chi connectivity index (χ2n) is 11.8. The Morgan fingerprint density at radius 3 is 2.13 bits per heavy atom. The normalized spacial score (nSPS) is 29.0. The first-order valence-electron chi connectivity index (χ1n) is 13.7. The van der Waals surface area contributed by atoms with E-state index in [-0.39, 0.29) is 17.3 Å². The fourth-order valence-corrected chi connectivity index (χ4v) is 9.50. The molecule has 0 saturated heterocycles. The zero-order valence-electron chi connectivity index (χ0n) is 21.6. The number of halogens is 1. The van der Waals surface area contributed by atoms with Crippen LogP contribution in [0.4, 0.5) is 11.4 Å². The monoisotopic (exact) mass is 562 g/mol. The van der Waals surface area contributed by atoms with Crippen LogP contribution in [0.15, 0.2) is 77.7 Å². The topological polar surface area (TPSA) is 75.7 Å². The molecule has 0 aromatic heterocycles. The van der Waals surface area contributed by atoms with Gasteiger partial charge in [-0.1, -0.05) is 35.9 Å². The van der Waals surface area contributed by atoms with E-state index < -0.39 is 16.1 Å². The summed E-state index contributed by atoms with van der Waals surface area (Å²) in [4.78, 5) is 13.5. The highest BCUT2D eigenvalue weighted by atomic mass is 35.5. The Kier molecular flexibility index (Phi) is 5.94. The van der Waals surface area contributed by atoms with Crippen molar-refractivity contribution in [3.8, 4) is 5.75 Å². The summed E-state index contributed by atoms with van der Waals surface area (Å²) in [6.07, 6.45) is 7.08. The van der Waals surface area contributed by atoms with Crippen LogP contribution in [0.1, 0.15) is 44.1 Å². The van der Waals surface area contributed by atoms with E-state index in [4.69, 9.17) is 16.3 Å². The van der Waals surface area contributed by atoms with Gasteiger partial charge >= 0.3 is 0 Å². The number of sulfonamides is 1. The van der Waals surface area contributed by atoms with E-state index in [1.807, 2.05) is 12.1 Å². The van der Waals surface area contributed by atoms with E-state index in [1.54, 1.807) is 24.3 Å². The third kappa shape index (κ3) is 4.40. The number of benzene rings is 3. The maximum atomic E-state index is 13.6. The van der Waals surface area contributed by atoms with Crippen LogP contribution in [-0.4, -0.2) is 27.0 Å². The fraction of sp³-hybridized carbons (Fsp3) is 0.387. The Morgan fingerprint density at radius 2 is 1.49 bits per heavy atom. The van der Waals surface area contributed by atoms with E-state index >= 15 is 0 Å². The van der Waals surface area contributed by atoms with Gasteiger partial charge in [0.1, 0.15) is 5.75 Å². The minimum absolute atomic E-state index is 0.100. The summed E-state index contributed by atoms with van der Waals surface area (Å²) >= 11 is 5.98. The number of carbonyl (C=O) groups excluding carboxylic acids is 1. The minimum Gasteiger partial charge on any atom is -0.476 e. The number of hydrogen-bond acceptors (Lipinski definition) is 4. The van der Waals surface area contributed by atoms with Gasteiger partial charge in [0.15, 0.2) is 6.10 Å². The molecule has 1 atom stereocenters. The number of para-hydroxylation sites is 2. The summed E-state index contributed by atoms with van der Waals surface area (Å²) in [5.41, 5.74) is 2.77. The van der Waals surface area contributed by atoms with Crippen molar-refractivity contribution in [3.05, 3.63) is 83.4 Å². The van der Waals surface area contributed by atoms with Gasteiger partial charge in [0.25, 0.3) is 15.9 Å². The molecule has 1 heterocycles. The van der Waals surface area contributed by atoms with Crippen molar-refractivity contribution in [2.75, 3.05) is 16.2 Å². The number of ether oxygens (including phenoxy) is 1. The van der Waals surface area contributed by atoms with Crippen LogP contribution in [0.25, 0.3) is 0 Å². The smallest absolute Gasteiger partial charge is 0.267 e. The lowest BCUT2D eigenvalue weighted by atomic mass is 9.48. The van der Waals surface area contributed by atoms with Gasteiger partial charge in [-0.05, 0) is 116 Å². The largest absolute Gasteiger partial charge is 0.476 e. The molecule has 1 aliphatic heterocycles. The van der Waals surface area contributed by atoms with Gasteiger partial charge in [-0.15, -0.1) is 0 Å². The zero-order chi connectivity index (χ0) is 26.8. The number of fused-ring (bicyclic) bond motifs is 1. The van der Waals surface area contributed by atoms with Crippen LogP contribution in [0.3, 0.4) is 0 Å². The Morgan fingerprint density at radius 1 is 0.872 bits per heavy atom. The molecule has 1 amide bonds. The molecule has 5 aliphatic rings. The van der Waals surface area contributed by atoms with E-state index in [2.05, 4.69) is 17.4 Å². The minimum atomic E-state index is -3.94. The molecule has 4 saturated carbocycles. The molecule has 6 nitrogen and oxygen atoms in total. The van der Waals surface area contributed by atoms with E-state index in [1.165, 1.54) is 72.7 Å². The molecule has 1 unspecified atom stereocenters. The van der Waals surface area contributed by atoms with Crippen molar-refractivity contribution >= 4 is 38.9 Å². The van der Waals surface area contributed by atoms with E-state index in [9.17, 15) is 13.2 Å². The second-order valence-corrected chi connectivity index (χ2v) is 14.1. The van der Waals surface area contributed by atoms with Crippen LogP contribution in [0.5, 0.6) is 5.75 Å². The number of nitrogens with zero attached hydrogens (tertiary/aromatic N) is 1. The molecule has 3 aromatic rings. The molecule has 0 radical (unpaired) electrons. The highest BCUT2D eigenvalue weighted by molar-refractivity contribution is 7.92. The first-order chi connectivity index (χ1) is 18.8. The average molecular weight is 563 g/mol. The Balaban J connectivity index is 1.11. The van der Waals surface area contributed by atoms with Crippen molar-refractivity contribution < 1.29 is 17.9 Å². The first-order valence-corrected chi connectivity index (χ1v) is 15.6. The lowest BCUT2D eigenvalue weighted by molar-refractivity contribution is -0.122. The third-order valence-corrected chi connectivity index (χ3v) is 11.3. The number of anilines is 2. The summed E-state index contributed by atoms with van der Waals surface area (Å²) in [6, 6.07) is 21.2. The highest BCUT2D eigenvalue weighted by Crippen LogP contribution is 2.60. The standard InChI is InChI=1S/C31H31ClN2O4S/c32-24-7-11-26(12-8-24)39(36,37)34-19-29(38-28-4-2-1-3-27(28)34)30(35)33-25-9-5-23(6-10-25)31-16-20-13-21(17-31)15-22(14-20)18-31/h1-12,20-22,29H,13-19H2,(H,33,35). The molecule has 0 spiro atoms. The fourth-order valence-electron chi connectivity index (χ4n) is 7.89. The predicted molar refractivity (Wildman–Crippen MR) is 152 cm³/mol. The first kappa shape index (κ1) is 25.0. The van der Waals surface area contributed by atoms with Crippen LogP contribution in [0.2, 0.25) is 5.02 Å². The molecule has 4 bridgehead atoms. The van der Waals surface area contributed by atoms with Gasteiger partial charge in [0, 0.05) is 10.7 Å². The van der Waals surface area contributed by atoms with Gasteiger partial charge in [-0.2, -0.15) is 0 Å². The Hall–Kier alpha value is -3.03. The van der Waals surface area contributed by atoms with Crippen LogP contribution >= 0.6 is 11.6 Å². The van der Waals surface area contributed by atoms with Crippen LogP contribution in [-0.2, 0) is 20.2 Å². The zero-order valence-corrected chi connectivity index (χ0v) is 23.1. The van der Waals surface area contributed by atoms with Crippen LogP contribution < -0.4 is 14.4 Å². The quantitative estimate of drug-likeness (QED) is 0.390. The lowest BCUT2D eigenvalue weighted by Gasteiger charge is -2.57. The van der Waals surface area contributed by atoms with Crippen molar-refractivity contribution in [3.63, 3.8) is 0 Å². The number of amides is 1. The molecule has 3 aromatic carbocycles. The maximum Gasteiger partial charge on any atom is 0.267 e. The summed E-state index contributed by atoms with van der Waals surface area (Å²) in [7, 11) is -3.94. The second kappa shape index (κ2) is 9.27. The molecule has 4 fully saturated rings. The molecule has 8 heteroatoms. The summed E-state index contributed by atoms with van der Waals surface area (Å²) in [6.45, 7) is -0.140. The van der Waals surface area contributed by atoms with Crippen LogP contribution in [0, 0.1) is 17.8 Å².